The van der Waals surface area contributed by atoms with Crippen LogP contribution in [0.5, 0.6) is 0 Å². The molecule has 7 heavy (non-hydrogen) atoms. The predicted octanol–water partition coefficient (Wildman–Crippen LogP) is 0.780. The average molecular weight is 100 g/mol. The number of ether oxygens (including phenoxy) is 1. The normalized spacial score (nSPS) is 13.4. The highest BCUT2D eigenvalue weighted by molar-refractivity contribution is 4.64. The summed E-state index contributed by atoms with van der Waals surface area (Å²) >= 11 is 0. The van der Waals surface area contributed by atoms with E-state index >= 15 is 0 Å². The van der Waals surface area contributed by atoms with Crippen LogP contribution in [0.4, 0.5) is 0 Å². The van der Waals surface area contributed by atoms with Crippen LogP contribution in [0.15, 0.2) is 12.7 Å². The fourth-order valence-corrected chi connectivity index (χ4v) is 0.175. The molecule has 0 N–H and O–H groups in total. The van der Waals surface area contributed by atoms with Crippen LogP contribution >= 0.6 is 0 Å². The van der Waals surface area contributed by atoms with Crippen LogP contribution in [0, 0.1) is 6.92 Å². The Bertz CT molecular complexity index is 50.0. The summed E-state index contributed by atoms with van der Waals surface area (Å²) in [7, 11) is 0. The number of hydrogen-bond donors (Lipinski definition) is 0. The maximum absolute atomic E-state index is 9.90. The third kappa shape index (κ3) is 5.66. The summed E-state index contributed by atoms with van der Waals surface area (Å²) in [4.78, 5) is 0. The molecule has 0 bridgehead atoms. The zero-order valence-electron chi connectivity index (χ0n) is 4.09. The molecule has 0 spiro atoms. The van der Waals surface area contributed by atoms with Crippen LogP contribution in [0.25, 0.3) is 0 Å². The number of hydrogen-bond acceptors (Lipinski definition) is 1. The maximum atomic E-state index is 9.90. The van der Waals surface area contributed by atoms with Gasteiger partial charge < -0.3 is 4.74 Å². The summed E-state index contributed by atoms with van der Waals surface area (Å²) in [6.07, 6.45) is 0.341. The highest BCUT2D eigenvalue weighted by atomic mass is 16.6. The molecule has 0 aliphatic rings. The Labute approximate surface area is 43.4 Å². The van der Waals surface area contributed by atoms with Crippen LogP contribution in [0.3, 0.4) is 0 Å². The lowest BCUT2D eigenvalue weighted by Crippen LogP contribution is -2.03. The maximum Gasteiger partial charge on any atom is 0.191 e. The van der Waals surface area contributed by atoms with Crippen molar-refractivity contribution in [3.8, 4) is 0 Å². The smallest absolute Gasteiger partial charge is 0.191 e. The van der Waals surface area contributed by atoms with Gasteiger partial charge in [-0.15, -0.1) is 6.58 Å². The van der Waals surface area contributed by atoms with E-state index in [1.54, 1.807) is 0 Å². The summed E-state index contributed by atoms with van der Waals surface area (Å²) in [6.45, 7) is 6.68. The van der Waals surface area contributed by atoms with Crippen molar-refractivity contribution in [3.63, 3.8) is 0 Å². The second-order valence-corrected chi connectivity index (χ2v) is 1.05. The van der Waals surface area contributed by atoms with Gasteiger partial charge in [-0.1, -0.05) is 6.08 Å². The van der Waals surface area contributed by atoms with Crippen LogP contribution in [0.2, 0.25) is 0 Å². The van der Waals surface area contributed by atoms with Crippen LogP contribution in [-0.4, -0.2) is 12.9 Å². The largest absolute Gasteiger partial charge is 0.346 e. The first kappa shape index (κ1) is 6.66. The lowest BCUT2D eigenvalue weighted by molar-refractivity contribution is -0.0984. The van der Waals surface area contributed by atoms with Gasteiger partial charge in [0.1, 0.15) is 0 Å². The Hall–Kier alpha value is -0.340. The van der Waals surface area contributed by atoms with Gasteiger partial charge in [0.2, 0.25) is 0 Å². The fourth-order valence-electron chi connectivity index (χ4n) is 0.175. The average Bonchev–Trinajstić information content (AvgIpc) is 1.61. The molecule has 0 aliphatic heterocycles. The van der Waals surface area contributed by atoms with Gasteiger partial charge in [-0.3, -0.25) is 0 Å². The van der Waals surface area contributed by atoms with Crippen molar-refractivity contribution in [1.29, 1.82) is 0 Å². The highest BCUT2D eigenvalue weighted by Gasteiger charge is 1.90. The van der Waals surface area contributed by atoms with Gasteiger partial charge in [-0.05, 0) is 0 Å². The van der Waals surface area contributed by atoms with E-state index in [4.69, 9.17) is 0 Å². The molecule has 2 nitrogen and oxygen atoms in total. The Balaban J connectivity index is 2.81. The van der Waals surface area contributed by atoms with Crippen molar-refractivity contribution in [2.24, 2.45) is 0 Å². The summed E-state index contributed by atoms with van der Waals surface area (Å²) in [5, 5.41) is 9.90. The van der Waals surface area contributed by atoms with E-state index in [0.29, 0.717) is 0 Å². The van der Waals surface area contributed by atoms with E-state index in [0.717, 1.165) is 0 Å². The Kier molecular flexibility index (Phi) is 3.65. The van der Waals surface area contributed by atoms with Gasteiger partial charge in [-0.25, -0.2) is 5.11 Å². The first-order valence-corrected chi connectivity index (χ1v) is 1.98. The minimum Gasteiger partial charge on any atom is -0.346 e. The van der Waals surface area contributed by atoms with Crippen molar-refractivity contribution < 1.29 is 9.84 Å². The predicted molar refractivity (Wildman–Crippen MR) is 26.0 cm³/mol. The van der Waals surface area contributed by atoms with Crippen LogP contribution in [-0.2, 0) is 9.84 Å². The van der Waals surface area contributed by atoms with Gasteiger partial charge in [0.25, 0.3) is 0 Å². The third-order valence-corrected chi connectivity index (χ3v) is 0.400. The molecule has 0 amide bonds. The van der Waals surface area contributed by atoms with Gasteiger partial charge in [0, 0.05) is 6.92 Å². The van der Waals surface area contributed by atoms with Crippen LogP contribution < -0.4 is 0 Å². The minimum absolute atomic E-state index is 0.289. The highest BCUT2D eigenvalue weighted by Crippen LogP contribution is 1.81. The molecule has 1 atom stereocenters. The Morgan fingerprint density at radius 3 is 2.57 bits per heavy atom. The van der Waals surface area contributed by atoms with Crippen molar-refractivity contribution in [1.82, 2.24) is 0 Å². The van der Waals surface area contributed by atoms with Gasteiger partial charge >= 0.3 is 0 Å². The molecular weight excluding hydrogens is 92.1 g/mol. The zero-order valence-corrected chi connectivity index (χ0v) is 4.09. The molecule has 0 saturated carbocycles. The zero-order chi connectivity index (χ0) is 5.70. The molecule has 1 unspecified atom stereocenters. The molecule has 0 aromatic carbocycles. The minimum atomic E-state index is -1.17. The van der Waals surface area contributed by atoms with E-state index in [1.807, 2.05) is 0 Å². The molecule has 0 heterocycles. The quantitative estimate of drug-likeness (QED) is 0.380. The Morgan fingerprint density at radius 1 is 1.86 bits per heavy atom. The molecule has 2 heteroatoms. The SMILES string of the molecule is [CH2]C([O])OCC=C. The van der Waals surface area contributed by atoms with Crippen molar-refractivity contribution >= 4 is 0 Å². The van der Waals surface area contributed by atoms with Gasteiger partial charge in [0.15, 0.2) is 6.29 Å². The summed E-state index contributed by atoms with van der Waals surface area (Å²) < 4.78 is 4.41. The molecule has 0 aromatic heterocycles. The molecule has 0 aliphatic carbocycles. The van der Waals surface area contributed by atoms with Crippen LogP contribution in [0.1, 0.15) is 0 Å². The monoisotopic (exact) mass is 100 g/mol. The molecule has 0 aromatic rings. The molecular formula is C5H8O2. The first-order valence-electron chi connectivity index (χ1n) is 1.98. The molecule has 0 saturated heterocycles. The van der Waals surface area contributed by atoms with E-state index in [2.05, 4.69) is 18.2 Å². The van der Waals surface area contributed by atoms with Gasteiger partial charge in [0.05, 0.1) is 6.61 Å². The lowest BCUT2D eigenvalue weighted by atomic mass is 10.7. The van der Waals surface area contributed by atoms with Crippen molar-refractivity contribution in [2.45, 2.75) is 6.29 Å². The second kappa shape index (κ2) is 3.84. The molecule has 0 fully saturated rings. The molecule has 2 radical (unpaired) electrons. The molecule has 0 rings (SSSR count). The lowest BCUT2D eigenvalue weighted by Gasteiger charge is -1.97. The summed E-state index contributed by atoms with van der Waals surface area (Å²) in [6, 6.07) is 0. The summed E-state index contributed by atoms with van der Waals surface area (Å²) in [5.41, 5.74) is 0. The van der Waals surface area contributed by atoms with E-state index in [-0.39, 0.29) is 6.61 Å². The standard InChI is InChI=1S/C5H8O2/c1-3-4-7-5(2)6/h3,5H,1-2,4H2. The van der Waals surface area contributed by atoms with Crippen molar-refractivity contribution in [3.05, 3.63) is 19.6 Å². The number of rotatable bonds is 3. The second-order valence-electron chi connectivity index (χ2n) is 1.05. The van der Waals surface area contributed by atoms with Crippen molar-refractivity contribution in [2.75, 3.05) is 6.61 Å². The summed E-state index contributed by atoms with van der Waals surface area (Å²) in [5.74, 6) is 0. The van der Waals surface area contributed by atoms with E-state index in [9.17, 15) is 5.11 Å². The Morgan fingerprint density at radius 2 is 2.43 bits per heavy atom. The van der Waals surface area contributed by atoms with Gasteiger partial charge in [-0.2, -0.15) is 0 Å². The first-order chi connectivity index (χ1) is 3.27. The van der Waals surface area contributed by atoms with E-state index in [1.165, 1.54) is 6.08 Å². The third-order valence-electron chi connectivity index (χ3n) is 0.400. The van der Waals surface area contributed by atoms with E-state index < -0.39 is 6.29 Å². The fraction of sp³-hybridized carbons (Fsp3) is 0.400. The molecule has 40 valence electrons. The topological polar surface area (TPSA) is 29.1 Å².